The molecule has 0 aromatic carbocycles. The van der Waals surface area contributed by atoms with Gasteiger partial charge in [-0.1, -0.05) is 154 Å². The summed E-state index contributed by atoms with van der Waals surface area (Å²) in [6.07, 6.45) is 27.9. The number of hydrogen-bond acceptors (Lipinski definition) is 10. The molecule has 0 spiro atoms. The molecule has 1 aliphatic rings. The van der Waals surface area contributed by atoms with Gasteiger partial charge in [0.15, 0.2) is 12.4 Å². The van der Waals surface area contributed by atoms with Crippen LogP contribution in [0.25, 0.3) is 0 Å². The lowest BCUT2D eigenvalue weighted by Gasteiger charge is -2.39. The topological polar surface area (TPSA) is 152 Å². The predicted molar refractivity (Wildman–Crippen MR) is 210 cm³/mol. The smallest absolute Gasteiger partial charge is 0.306 e. The van der Waals surface area contributed by atoms with Crippen molar-refractivity contribution < 1.29 is 49.0 Å². The number of unbranched alkanes of at least 4 members (excludes halogenated alkanes) is 23. The molecule has 0 aromatic rings. The van der Waals surface area contributed by atoms with Gasteiger partial charge in [0, 0.05) is 12.8 Å². The summed E-state index contributed by atoms with van der Waals surface area (Å²) in [5.74, 6) is -0.809. The first-order valence-corrected chi connectivity index (χ1v) is 21.8. The zero-order valence-electron chi connectivity index (χ0n) is 33.8. The second-order valence-corrected chi connectivity index (χ2v) is 15.2. The number of hydrogen-bond donors (Lipinski definition) is 4. The van der Waals surface area contributed by atoms with Gasteiger partial charge in [-0.15, -0.1) is 0 Å². The minimum Gasteiger partial charge on any atom is -0.462 e. The van der Waals surface area contributed by atoms with E-state index >= 15 is 0 Å². The van der Waals surface area contributed by atoms with E-state index in [4.69, 9.17) is 18.9 Å². The molecule has 0 aromatic heterocycles. The first kappa shape index (κ1) is 49.5. The maximum absolute atomic E-state index is 12.7. The van der Waals surface area contributed by atoms with Crippen molar-refractivity contribution in [3.63, 3.8) is 0 Å². The average Bonchev–Trinajstić information content (AvgIpc) is 3.15. The van der Waals surface area contributed by atoms with Crippen LogP contribution >= 0.6 is 0 Å². The molecule has 53 heavy (non-hydrogen) atoms. The Morgan fingerprint density at radius 3 is 1.47 bits per heavy atom. The van der Waals surface area contributed by atoms with Crippen LogP contribution < -0.4 is 0 Å². The molecule has 0 aliphatic carbocycles. The lowest BCUT2D eigenvalue weighted by Crippen LogP contribution is -2.59. The van der Waals surface area contributed by atoms with Crippen LogP contribution in [0.15, 0.2) is 12.2 Å². The molecule has 0 bridgehead atoms. The van der Waals surface area contributed by atoms with Gasteiger partial charge in [-0.2, -0.15) is 0 Å². The lowest BCUT2D eigenvalue weighted by molar-refractivity contribution is -0.305. The molecule has 4 N–H and O–H groups in total. The molecule has 5 unspecified atom stereocenters. The average molecular weight is 757 g/mol. The number of rotatable bonds is 36. The summed E-state index contributed by atoms with van der Waals surface area (Å²) < 4.78 is 22.1. The second-order valence-electron chi connectivity index (χ2n) is 15.2. The summed E-state index contributed by atoms with van der Waals surface area (Å²) in [4.78, 5) is 25.3. The van der Waals surface area contributed by atoms with Gasteiger partial charge in [-0.05, 0) is 38.5 Å². The van der Waals surface area contributed by atoms with Crippen LogP contribution in [-0.2, 0) is 28.5 Å². The minimum atomic E-state index is -1.59. The number of esters is 2. The van der Waals surface area contributed by atoms with Crippen molar-refractivity contribution in [2.45, 2.75) is 230 Å². The molecule has 0 saturated carbocycles. The summed E-state index contributed by atoms with van der Waals surface area (Å²) >= 11 is 0. The van der Waals surface area contributed by atoms with Crippen LogP contribution in [0.1, 0.15) is 194 Å². The number of aliphatic hydroxyl groups is 4. The number of aliphatic hydroxyl groups excluding tert-OH is 4. The molecular formula is C43H80O10. The van der Waals surface area contributed by atoms with Crippen LogP contribution in [0, 0.1) is 0 Å². The van der Waals surface area contributed by atoms with Crippen LogP contribution in [0.2, 0.25) is 0 Å². The number of allylic oxidation sites excluding steroid dienone is 2. The van der Waals surface area contributed by atoms with E-state index in [1.165, 1.54) is 109 Å². The molecule has 10 heteroatoms. The molecule has 0 amide bonds. The van der Waals surface area contributed by atoms with Crippen LogP contribution in [0.3, 0.4) is 0 Å². The van der Waals surface area contributed by atoms with Gasteiger partial charge < -0.3 is 39.4 Å². The molecule has 1 heterocycles. The summed E-state index contributed by atoms with van der Waals surface area (Å²) in [6.45, 7) is 3.41. The highest BCUT2D eigenvalue weighted by Crippen LogP contribution is 2.23. The van der Waals surface area contributed by atoms with Gasteiger partial charge in [-0.3, -0.25) is 9.59 Å². The molecule has 10 nitrogen and oxygen atoms in total. The van der Waals surface area contributed by atoms with Gasteiger partial charge in [0.25, 0.3) is 0 Å². The Balaban J connectivity index is 2.35. The number of carbonyl (C=O) groups is 2. The normalized spacial score (nSPS) is 20.9. The quantitative estimate of drug-likeness (QED) is 0.0277. The van der Waals surface area contributed by atoms with E-state index in [1.807, 2.05) is 0 Å². The predicted octanol–water partition coefficient (Wildman–Crippen LogP) is 8.78. The van der Waals surface area contributed by atoms with Crippen molar-refractivity contribution in [3.05, 3.63) is 12.2 Å². The molecule has 0 radical (unpaired) electrons. The van der Waals surface area contributed by atoms with E-state index in [1.54, 1.807) is 0 Å². The highest BCUT2D eigenvalue weighted by molar-refractivity contribution is 5.70. The first-order valence-electron chi connectivity index (χ1n) is 21.8. The molecular weight excluding hydrogens is 676 g/mol. The second kappa shape index (κ2) is 34.9. The summed E-state index contributed by atoms with van der Waals surface area (Å²) in [5, 5.41) is 40.0. The number of carbonyl (C=O) groups excluding carboxylic acids is 2. The zero-order chi connectivity index (χ0) is 38.8. The minimum absolute atomic E-state index is 0.215. The van der Waals surface area contributed by atoms with E-state index in [2.05, 4.69) is 26.0 Å². The summed E-state index contributed by atoms with van der Waals surface area (Å²) in [7, 11) is 0. The fourth-order valence-electron chi connectivity index (χ4n) is 6.65. The van der Waals surface area contributed by atoms with Crippen molar-refractivity contribution in [2.75, 3.05) is 19.8 Å². The largest absolute Gasteiger partial charge is 0.462 e. The van der Waals surface area contributed by atoms with E-state index in [9.17, 15) is 30.0 Å². The monoisotopic (exact) mass is 757 g/mol. The molecule has 6 atom stereocenters. The molecule has 1 fully saturated rings. The Hall–Kier alpha value is -1.56. The fraction of sp³-hybridized carbons (Fsp3) is 0.907. The molecule has 312 valence electrons. The summed E-state index contributed by atoms with van der Waals surface area (Å²) in [6, 6.07) is 0. The van der Waals surface area contributed by atoms with Crippen LogP contribution in [0.4, 0.5) is 0 Å². The first-order chi connectivity index (χ1) is 25.8. The Bertz CT molecular complexity index is 881. The molecule has 1 aliphatic heterocycles. The maximum atomic E-state index is 12.7. The van der Waals surface area contributed by atoms with Gasteiger partial charge in [0.2, 0.25) is 0 Å². The highest BCUT2D eigenvalue weighted by Gasteiger charge is 2.44. The Morgan fingerprint density at radius 2 is 1.00 bits per heavy atom. The van der Waals surface area contributed by atoms with Crippen LogP contribution in [0.5, 0.6) is 0 Å². The standard InChI is InChI=1S/C43H80O10/c1-3-5-7-9-11-13-15-17-18-20-22-24-26-28-30-32-39(46)52-36(35-51-43-42(49)41(48)40(47)37(33-44)53-43)34-50-38(45)31-29-27-25-23-21-19-16-14-12-10-8-6-4-2/h17-18,36-37,40-44,47-49H,3-16,19-35H2,1-2H3/b18-17-/t36-,37?,40?,41?,42?,43?/m1/s1. The van der Waals surface area contributed by atoms with E-state index in [-0.39, 0.29) is 32.0 Å². The third-order valence-electron chi connectivity index (χ3n) is 10.2. The molecule has 1 saturated heterocycles. The van der Waals surface area contributed by atoms with E-state index < -0.39 is 49.4 Å². The van der Waals surface area contributed by atoms with Crippen molar-refractivity contribution in [3.8, 4) is 0 Å². The maximum Gasteiger partial charge on any atom is 0.306 e. The third kappa shape index (κ3) is 26.8. The van der Waals surface area contributed by atoms with Gasteiger partial charge >= 0.3 is 11.9 Å². The number of ether oxygens (including phenoxy) is 4. The SMILES string of the molecule is CCCCCCCC/C=C\CCCCCCCC(=O)O[C@H](COC(=O)CCCCCCCCCCCCCCC)COC1OC(CO)C(O)C(O)C1O. The van der Waals surface area contributed by atoms with Crippen molar-refractivity contribution in [1.82, 2.24) is 0 Å². The van der Waals surface area contributed by atoms with Gasteiger partial charge in [0.1, 0.15) is 31.0 Å². The van der Waals surface area contributed by atoms with Crippen LogP contribution in [-0.4, -0.2) is 89.0 Å². The van der Waals surface area contributed by atoms with Crippen molar-refractivity contribution >= 4 is 11.9 Å². The van der Waals surface area contributed by atoms with Gasteiger partial charge in [-0.25, -0.2) is 0 Å². The van der Waals surface area contributed by atoms with Crippen molar-refractivity contribution in [2.24, 2.45) is 0 Å². The Morgan fingerprint density at radius 1 is 0.566 bits per heavy atom. The summed E-state index contributed by atoms with van der Waals surface area (Å²) in [5.41, 5.74) is 0. The fourth-order valence-corrected chi connectivity index (χ4v) is 6.65. The Labute approximate surface area is 322 Å². The van der Waals surface area contributed by atoms with Crippen molar-refractivity contribution in [1.29, 1.82) is 0 Å². The van der Waals surface area contributed by atoms with E-state index in [0.29, 0.717) is 6.42 Å². The Kier molecular flexibility index (Phi) is 32.6. The third-order valence-corrected chi connectivity index (χ3v) is 10.2. The molecule has 1 rings (SSSR count). The zero-order valence-corrected chi connectivity index (χ0v) is 33.8. The highest BCUT2D eigenvalue weighted by atomic mass is 16.7. The van der Waals surface area contributed by atoms with Gasteiger partial charge in [0.05, 0.1) is 13.2 Å². The van der Waals surface area contributed by atoms with E-state index in [0.717, 1.165) is 51.4 Å². The lowest BCUT2D eigenvalue weighted by atomic mass is 9.99.